The molecule has 13 heavy (non-hydrogen) atoms. The van der Waals surface area contributed by atoms with E-state index < -0.39 is 0 Å². The first-order valence-electron chi connectivity index (χ1n) is 4.66. The number of nitriles is 1. The molecule has 0 aliphatic carbocycles. The molecule has 0 N–H and O–H groups in total. The summed E-state index contributed by atoms with van der Waals surface area (Å²) in [6.45, 7) is 5.79. The van der Waals surface area contributed by atoms with Crippen LogP contribution in [-0.2, 0) is 0 Å². The molecule has 0 unspecified atom stereocenters. The first-order valence-corrected chi connectivity index (χ1v) is 5.71. The highest BCUT2D eigenvalue weighted by molar-refractivity contribution is 8.02. The zero-order chi connectivity index (χ0) is 9.94. The van der Waals surface area contributed by atoms with E-state index >= 15 is 0 Å². The van der Waals surface area contributed by atoms with Crippen LogP contribution < -0.4 is 0 Å². The fourth-order valence-corrected chi connectivity index (χ4v) is 1.53. The lowest BCUT2D eigenvalue weighted by Gasteiger charge is -1.96. The minimum Gasteiger partial charge on any atom is -0.193 e. The zero-order valence-corrected chi connectivity index (χ0v) is 9.07. The Balaban J connectivity index is 3.68. The lowest BCUT2D eigenvalue weighted by molar-refractivity contribution is 0.721. The minimum absolute atomic E-state index is 0.888. The van der Waals surface area contributed by atoms with Crippen LogP contribution in [-0.4, -0.2) is 5.75 Å². The standard InChI is InChI=1S/C11H17NS/c1-3-5-6-7-11(9-12)10-13-8-4-2/h4,10H,2-3,5-8H2,1H3. The topological polar surface area (TPSA) is 23.8 Å². The van der Waals surface area contributed by atoms with Crippen molar-refractivity contribution in [3.63, 3.8) is 0 Å². The van der Waals surface area contributed by atoms with Gasteiger partial charge in [-0.3, -0.25) is 0 Å². The Hall–Kier alpha value is -0.680. The van der Waals surface area contributed by atoms with E-state index in [0.717, 1.165) is 24.2 Å². The summed E-state index contributed by atoms with van der Waals surface area (Å²) in [5.41, 5.74) is 0.903. The molecule has 1 nitrogen and oxygen atoms in total. The SMILES string of the molecule is C=CCSC=C(C#N)CCCCC. The van der Waals surface area contributed by atoms with Crippen molar-refractivity contribution >= 4 is 11.8 Å². The summed E-state index contributed by atoms with van der Waals surface area (Å²) in [7, 11) is 0. The number of rotatable bonds is 7. The molecule has 0 aliphatic heterocycles. The van der Waals surface area contributed by atoms with Crippen LogP contribution in [0.2, 0.25) is 0 Å². The van der Waals surface area contributed by atoms with Gasteiger partial charge >= 0.3 is 0 Å². The molecule has 0 saturated heterocycles. The third-order valence-electron chi connectivity index (χ3n) is 1.63. The molecule has 0 aromatic rings. The van der Waals surface area contributed by atoms with E-state index in [4.69, 9.17) is 5.26 Å². The van der Waals surface area contributed by atoms with Gasteiger partial charge in [0.15, 0.2) is 0 Å². The molecule has 0 radical (unpaired) electrons. The Morgan fingerprint density at radius 3 is 2.85 bits per heavy atom. The predicted molar refractivity (Wildman–Crippen MR) is 60.5 cm³/mol. The average molecular weight is 195 g/mol. The van der Waals surface area contributed by atoms with Gasteiger partial charge in [-0.15, -0.1) is 18.3 Å². The van der Waals surface area contributed by atoms with Crippen molar-refractivity contribution in [1.82, 2.24) is 0 Å². The van der Waals surface area contributed by atoms with Gasteiger partial charge in [0, 0.05) is 11.3 Å². The van der Waals surface area contributed by atoms with Crippen LogP contribution in [0.25, 0.3) is 0 Å². The van der Waals surface area contributed by atoms with E-state index in [1.165, 1.54) is 12.8 Å². The van der Waals surface area contributed by atoms with Gasteiger partial charge in [-0.25, -0.2) is 0 Å². The second-order valence-corrected chi connectivity index (χ2v) is 3.74. The van der Waals surface area contributed by atoms with Gasteiger partial charge in [-0.2, -0.15) is 5.26 Å². The van der Waals surface area contributed by atoms with Crippen molar-refractivity contribution in [3.8, 4) is 6.07 Å². The highest BCUT2D eigenvalue weighted by atomic mass is 32.2. The monoisotopic (exact) mass is 195 g/mol. The second-order valence-electron chi connectivity index (χ2n) is 2.83. The van der Waals surface area contributed by atoms with Gasteiger partial charge < -0.3 is 0 Å². The van der Waals surface area contributed by atoms with Crippen molar-refractivity contribution in [2.75, 3.05) is 5.75 Å². The maximum Gasteiger partial charge on any atom is 0.0952 e. The molecule has 0 spiro atoms. The minimum atomic E-state index is 0.888. The average Bonchev–Trinajstić information content (AvgIpc) is 2.16. The Kier molecular flexibility index (Phi) is 8.92. The van der Waals surface area contributed by atoms with Gasteiger partial charge in [-0.1, -0.05) is 25.8 Å². The van der Waals surface area contributed by atoms with Crippen LogP contribution in [0.4, 0.5) is 0 Å². The fourth-order valence-electron chi connectivity index (χ4n) is 0.923. The smallest absolute Gasteiger partial charge is 0.0952 e. The molecule has 0 saturated carbocycles. The molecule has 72 valence electrons. The van der Waals surface area contributed by atoms with Crippen LogP contribution in [0, 0.1) is 11.3 Å². The molecular formula is C11H17NS. The first-order chi connectivity index (χ1) is 6.35. The van der Waals surface area contributed by atoms with E-state index in [-0.39, 0.29) is 0 Å². The van der Waals surface area contributed by atoms with E-state index in [1.807, 2.05) is 11.5 Å². The summed E-state index contributed by atoms with van der Waals surface area (Å²) in [4.78, 5) is 0. The quantitative estimate of drug-likeness (QED) is 0.349. The number of nitrogens with zero attached hydrogens (tertiary/aromatic N) is 1. The Morgan fingerprint density at radius 2 is 2.31 bits per heavy atom. The molecule has 0 bridgehead atoms. The third kappa shape index (κ3) is 7.67. The number of thioether (sulfide) groups is 1. The van der Waals surface area contributed by atoms with E-state index in [0.29, 0.717) is 0 Å². The number of hydrogen-bond acceptors (Lipinski definition) is 2. The van der Waals surface area contributed by atoms with Crippen LogP contribution in [0.3, 0.4) is 0 Å². The lowest BCUT2D eigenvalue weighted by Crippen LogP contribution is -1.80. The first kappa shape index (κ1) is 12.3. The summed E-state index contributed by atoms with van der Waals surface area (Å²) >= 11 is 1.64. The molecule has 0 amide bonds. The normalized spacial score (nSPS) is 10.9. The van der Waals surface area contributed by atoms with Crippen LogP contribution in [0.1, 0.15) is 32.6 Å². The van der Waals surface area contributed by atoms with Crippen molar-refractivity contribution in [3.05, 3.63) is 23.6 Å². The maximum absolute atomic E-state index is 8.77. The summed E-state index contributed by atoms with van der Waals surface area (Å²) in [6.07, 6.45) is 6.32. The lowest BCUT2D eigenvalue weighted by atomic mass is 10.1. The van der Waals surface area contributed by atoms with Crippen molar-refractivity contribution in [2.45, 2.75) is 32.6 Å². The van der Waals surface area contributed by atoms with E-state index in [9.17, 15) is 0 Å². The van der Waals surface area contributed by atoms with Gasteiger partial charge in [0.05, 0.1) is 6.07 Å². The molecule has 0 aromatic heterocycles. The summed E-state index contributed by atoms with van der Waals surface area (Å²) < 4.78 is 0. The molecule has 2 heteroatoms. The molecule has 0 aliphatic rings. The summed E-state index contributed by atoms with van der Waals surface area (Å²) in [5, 5.41) is 10.7. The van der Waals surface area contributed by atoms with Gasteiger partial charge in [0.2, 0.25) is 0 Å². The van der Waals surface area contributed by atoms with Crippen molar-refractivity contribution in [2.24, 2.45) is 0 Å². The van der Waals surface area contributed by atoms with Crippen LogP contribution in [0.5, 0.6) is 0 Å². The molecule has 0 fully saturated rings. The Morgan fingerprint density at radius 1 is 1.54 bits per heavy atom. The fraction of sp³-hybridized carbons (Fsp3) is 0.545. The number of allylic oxidation sites excluding steroid dienone is 1. The van der Waals surface area contributed by atoms with Crippen LogP contribution >= 0.6 is 11.8 Å². The predicted octanol–water partition coefficient (Wildman–Crippen LogP) is 3.89. The highest BCUT2D eigenvalue weighted by Gasteiger charge is 1.94. The summed E-state index contributed by atoms with van der Waals surface area (Å²) in [5.74, 6) is 0.888. The molecular weight excluding hydrogens is 178 g/mol. The largest absolute Gasteiger partial charge is 0.193 e. The number of hydrogen-bond donors (Lipinski definition) is 0. The maximum atomic E-state index is 8.77. The summed E-state index contributed by atoms with van der Waals surface area (Å²) in [6, 6.07) is 2.23. The Bertz CT molecular complexity index is 201. The van der Waals surface area contributed by atoms with Crippen LogP contribution in [0.15, 0.2) is 23.6 Å². The van der Waals surface area contributed by atoms with Crippen molar-refractivity contribution in [1.29, 1.82) is 5.26 Å². The van der Waals surface area contributed by atoms with Crippen molar-refractivity contribution < 1.29 is 0 Å². The zero-order valence-electron chi connectivity index (χ0n) is 8.25. The molecule has 0 heterocycles. The highest BCUT2D eigenvalue weighted by Crippen LogP contribution is 2.13. The second kappa shape index (κ2) is 9.41. The van der Waals surface area contributed by atoms with Gasteiger partial charge in [0.25, 0.3) is 0 Å². The van der Waals surface area contributed by atoms with E-state index in [1.54, 1.807) is 11.8 Å². The third-order valence-corrected chi connectivity index (χ3v) is 2.51. The molecule has 0 aromatic carbocycles. The number of unbranched alkanes of at least 4 members (excludes halogenated alkanes) is 2. The molecule has 0 rings (SSSR count). The van der Waals surface area contributed by atoms with Gasteiger partial charge in [0.1, 0.15) is 0 Å². The Labute approximate surface area is 85.5 Å². The molecule has 0 atom stereocenters. The van der Waals surface area contributed by atoms with E-state index in [2.05, 4.69) is 19.6 Å². The van der Waals surface area contributed by atoms with Gasteiger partial charge in [-0.05, 0) is 18.2 Å².